The number of carbonyl (C=O) groups is 1. The Labute approximate surface area is 127 Å². The van der Waals surface area contributed by atoms with Gasteiger partial charge in [0.2, 0.25) is 5.91 Å². The van der Waals surface area contributed by atoms with Crippen LogP contribution in [0, 0.1) is 0 Å². The molecule has 5 heteroatoms. The van der Waals surface area contributed by atoms with Gasteiger partial charge in [0.15, 0.2) is 0 Å². The highest BCUT2D eigenvalue weighted by Crippen LogP contribution is 2.23. The summed E-state index contributed by atoms with van der Waals surface area (Å²) in [5.41, 5.74) is -0.756. The van der Waals surface area contributed by atoms with E-state index in [1.165, 1.54) is 4.88 Å². The van der Waals surface area contributed by atoms with Crippen molar-refractivity contribution in [3.05, 3.63) is 20.8 Å². The van der Waals surface area contributed by atoms with Gasteiger partial charge in [-0.3, -0.25) is 4.79 Å². The summed E-state index contributed by atoms with van der Waals surface area (Å²) in [5.74, 6) is 0.0240. The van der Waals surface area contributed by atoms with Gasteiger partial charge in [-0.15, -0.1) is 11.3 Å². The van der Waals surface area contributed by atoms with E-state index in [4.69, 9.17) is 0 Å². The Balaban J connectivity index is 2.21. The third-order valence-electron chi connectivity index (χ3n) is 3.39. The zero-order chi connectivity index (χ0) is 14.3. The molecule has 3 nitrogen and oxygen atoms in total. The number of thiophene rings is 1. The Morgan fingerprint density at radius 3 is 2.63 bits per heavy atom. The number of carbonyl (C=O) groups excluding carboxylic acids is 1. The van der Waals surface area contributed by atoms with Crippen LogP contribution < -0.4 is 5.32 Å². The highest BCUT2D eigenvalue weighted by atomic mass is 79.9. The number of halogens is 1. The molecule has 0 aliphatic carbocycles. The van der Waals surface area contributed by atoms with Crippen molar-refractivity contribution in [3.63, 3.8) is 0 Å². The first-order valence-corrected chi connectivity index (χ1v) is 8.33. The number of hydrogen-bond donors (Lipinski definition) is 2. The van der Waals surface area contributed by atoms with Crippen LogP contribution in [0.1, 0.15) is 44.4 Å². The third-order valence-corrected chi connectivity index (χ3v) is 5.07. The second kappa shape index (κ2) is 8.02. The normalized spacial score (nSPS) is 11.6. The largest absolute Gasteiger partial charge is 0.388 e. The van der Waals surface area contributed by atoms with Crippen molar-refractivity contribution in [1.29, 1.82) is 0 Å². The fourth-order valence-electron chi connectivity index (χ4n) is 1.76. The second-order valence-corrected chi connectivity index (χ2v) is 7.32. The molecule has 1 amide bonds. The molecule has 0 radical (unpaired) electrons. The Bertz CT molecular complexity index is 402. The van der Waals surface area contributed by atoms with E-state index in [0.29, 0.717) is 25.8 Å². The van der Waals surface area contributed by atoms with Gasteiger partial charge in [0.1, 0.15) is 0 Å². The SMILES string of the molecule is CCC(O)(CC)CNC(=O)CCCc1ccc(Br)s1. The third kappa shape index (κ3) is 6.06. The highest BCUT2D eigenvalue weighted by Gasteiger charge is 2.22. The lowest BCUT2D eigenvalue weighted by molar-refractivity contribution is -0.122. The summed E-state index contributed by atoms with van der Waals surface area (Å²) in [6.45, 7) is 4.22. The quantitative estimate of drug-likeness (QED) is 0.755. The average molecular weight is 348 g/mol. The maximum atomic E-state index is 11.7. The van der Waals surface area contributed by atoms with E-state index in [-0.39, 0.29) is 5.91 Å². The molecule has 0 saturated heterocycles. The van der Waals surface area contributed by atoms with Crippen LogP contribution in [-0.4, -0.2) is 23.2 Å². The highest BCUT2D eigenvalue weighted by molar-refractivity contribution is 9.11. The van der Waals surface area contributed by atoms with Crippen LogP contribution in [0.2, 0.25) is 0 Å². The summed E-state index contributed by atoms with van der Waals surface area (Å²) in [6, 6.07) is 4.11. The fourth-order valence-corrected chi connectivity index (χ4v) is 3.29. The minimum atomic E-state index is -0.756. The van der Waals surface area contributed by atoms with E-state index in [1.807, 2.05) is 19.9 Å². The van der Waals surface area contributed by atoms with Gasteiger partial charge >= 0.3 is 0 Å². The van der Waals surface area contributed by atoms with Gasteiger partial charge in [0.25, 0.3) is 0 Å². The molecule has 1 heterocycles. The standard InChI is InChI=1S/C14H22BrNO2S/c1-3-14(18,4-2)10-16-13(17)7-5-6-11-8-9-12(15)19-11/h8-9,18H,3-7,10H2,1-2H3,(H,16,17). The lowest BCUT2D eigenvalue weighted by atomic mass is 9.97. The minimum absolute atomic E-state index is 0.0240. The predicted molar refractivity (Wildman–Crippen MR) is 83.5 cm³/mol. The average Bonchev–Trinajstić information content (AvgIpc) is 2.82. The number of aliphatic hydroxyl groups is 1. The lowest BCUT2D eigenvalue weighted by Crippen LogP contribution is -2.41. The molecule has 108 valence electrons. The van der Waals surface area contributed by atoms with Gasteiger partial charge in [-0.2, -0.15) is 0 Å². The summed E-state index contributed by atoms with van der Waals surface area (Å²) in [4.78, 5) is 13.0. The summed E-state index contributed by atoms with van der Waals surface area (Å²) in [5, 5.41) is 12.9. The smallest absolute Gasteiger partial charge is 0.220 e. The molecule has 2 N–H and O–H groups in total. The first kappa shape index (κ1) is 16.7. The molecule has 1 rings (SSSR count). The molecule has 0 fully saturated rings. The van der Waals surface area contributed by atoms with Crippen LogP contribution in [0.4, 0.5) is 0 Å². The number of hydrogen-bond acceptors (Lipinski definition) is 3. The van der Waals surface area contributed by atoms with Gasteiger partial charge in [-0.25, -0.2) is 0 Å². The molecule has 0 atom stereocenters. The van der Waals surface area contributed by atoms with Gasteiger partial charge in [-0.1, -0.05) is 13.8 Å². The molecule has 0 bridgehead atoms. The van der Waals surface area contributed by atoms with E-state index in [9.17, 15) is 9.90 Å². The van der Waals surface area contributed by atoms with Crippen LogP contribution in [0.5, 0.6) is 0 Å². The van der Waals surface area contributed by atoms with Gasteiger partial charge in [0, 0.05) is 17.8 Å². The minimum Gasteiger partial charge on any atom is -0.388 e. The Morgan fingerprint density at radius 1 is 1.42 bits per heavy atom. The number of nitrogens with one attached hydrogen (secondary N) is 1. The van der Waals surface area contributed by atoms with Gasteiger partial charge in [-0.05, 0) is 53.7 Å². The molecular weight excluding hydrogens is 326 g/mol. The Morgan fingerprint density at radius 2 is 2.11 bits per heavy atom. The van der Waals surface area contributed by atoms with Crippen molar-refractivity contribution in [2.45, 2.75) is 51.6 Å². The van der Waals surface area contributed by atoms with Crippen molar-refractivity contribution in [1.82, 2.24) is 5.32 Å². The van der Waals surface area contributed by atoms with Crippen LogP contribution in [0.15, 0.2) is 15.9 Å². The van der Waals surface area contributed by atoms with Crippen molar-refractivity contribution >= 4 is 33.2 Å². The Kier molecular flexibility index (Phi) is 7.04. The summed E-state index contributed by atoms with van der Waals surface area (Å²) in [6.07, 6.45) is 3.60. The molecule has 1 aromatic heterocycles. The zero-order valence-electron chi connectivity index (χ0n) is 11.5. The van der Waals surface area contributed by atoms with Crippen LogP contribution in [-0.2, 0) is 11.2 Å². The van der Waals surface area contributed by atoms with E-state index in [0.717, 1.165) is 16.6 Å². The maximum absolute atomic E-state index is 11.7. The van der Waals surface area contributed by atoms with Crippen LogP contribution >= 0.6 is 27.3 Å². The molecule has 19 heavy (non-hydrogen) atoms. The maximum Gasteiger partial charge on any atom is 0.220 e. The molecule has 0 saturated carbocycles. The predicted octanol–water partition coefficient (Wildman–Crippen LogP) is 3.50. The first-order valence-electron chi connectivity index (χ1n) is 6.72. The van der Waals surface area contributed by atoms with Crippen molar-refractivity contribution < 1.29 is 9.90 Å². The summed E-state index contributed by atoms with van der Waals surface area (Å²) >= 11 is 5.14. The van der Waals surface area contributed by atoms with Gasteiger partial charge in [0.05, 0.1) is 9.39 Å². The Hall–Kier alpha value is -0.390. The van der Waals surface area contributed by atoms with Crippen molar-refractivity contribution in [2.75, 3.05) is 6.54 Å². The molecule has 0 unspecified atom stereocenters. The summed E-state index contributed by atoms with van der Waals surface area (Å²) in [7, 11) is 0. The fraction of sp³-hybridized carbons (Fsp3) is 0.643. The van der Waals surface area contributed by atoms with Crippen molar-refractivity contribution in [3.8, 4) is 0 Å². The molecule has 0 aromatic carbocycles. The second-order valence-electron chi connectivity index (χ2n) is 4.77. The summed E-state index contributed by atoms with van der Waals surface area (Å²) < 4.78 is 1.13. The molecule has 0 aliphatic rings. The van der Waals surface area contributed by atoms with E-state index < -0.39 is 5.60 Å². The van der Waals surface area contributed by atoms with E-state index >= 15 is 0 Å². The number of amides is 1. The monoisotopic (exact) mass is 347 g/mol. The molecule has 1 aromatic rings. The first-order chi connectivity index (χ1) is 8.99. The molecule has 0 spiro atoms. The van der Waals surface area contributed by atoms with E-state index in [2.05, 4.69) is 27.3 Å². The number of aryl methyl sites for hydroxylation is 1. The van der Waals surface area contributed by atoms with E-state index in [1.54, 1.807) is 11.3 Å². The van der Waals surface area contributed by atoms with Gasteiger partial charge < -0.3 is 10.4 Å². The van der Waals surface area contributed by atoms with Crippen molar-refractivity contribution in [2.24, 2.45) is 0 Å². The van der Waals surface area contributed by atoms with Crippen LogP contribution in [0.3, 0.4) is 0 Å². The zero-order valence-corrected chi connectivity index (χ0v) is 13.9. The molecule has 0 aliphatic heterocycles. The van der Waals surface area contributed by atoms with Crippen LogP contribution in [0.25, 0.3) is 0 Å². The number of rotatable bonds is 8. The lowest BCUT2D eigenvalue weighted by Gasteiger charge is -2.25. The topological polar surface area (TPSA) is 49.3 Å². The molecular formula is C14H22BrNO2S.